The lowest BCUT2D eigenvalue weighted by Crippen LogP contribution is -2.57. The second-order valence-electron chi connectivity index (χ2n) is 4.76. The van der Waals surface area contributed by atoms with Crippen molar-refractivity contribution in [1.82, 2.24) is 15.4 Å². The number of amides is 2. The fraction of sp³-hybridized carbons (Fsp3) is 0.500. The summed E-state index contributed by atoms with van der Waals surface area (Å²) in [6.07, 6.45) is -0.347. The molecule has 0 bridgehead atoms. The van der Waals surface area contributed by atoms with Gasteiger partial charge >= 0.3 is 5.97 Å². The molecule has 9 nitrogen and oxygen atoms in total. The van der Waals surface area contributed by atoms with Gasteiger partial charge in [0.05, 0.1) is 18.7 Å². The Balaban J connectivity index is 1.96. The molecule has 1 fully saturated rings. The molecule has 1 aromatic rings. The summed E-state index contributed by atoms with van der Waals surface area (Å²) in [7, 11) is 0. The number of carbonyl (C=O) groups is 3. The molecule has 0 aliphatic carbocycles. The van der Waals surface area contributed by atoms with E-state index in [4.69, 9.17) is 9.63 Å². The van der Waals surface area contributed by atoms with Crippen molar-refractivity contribution in [3.63, 3.8) is 0 Å². The first-order valence-electron chi connectivity index (χ1n) is 6.42. The van der Waals surface area contributed by atoms with E-state index < -0.39 is 17.9 Å². The third-order valence-corrected chi connectivity index (χ3v) is 3.05. The topological polar surface area (TPSA) is 125 Å². The zero-order valence-corrected chi connectivity index (χ0v) is 11.5. The van der Waals surface area contributed by atoms with Gasteiger partial charge in [-0.2, -0.15) is 0 Å². The van der Waals surface area contributed by atoms with Gasteiger partial charge in [0.2, 0.25) is 17.7 Å². The highest BCUT2D eigenvalue weighted by Crippen LogP contribution is 2.11. The van der Waals surface area contributed by atoms with Gasteiger partial charge in [0.15, 0.2) is 0 Å². The van der Waals surface area contributed by atoms with Crippen molar-refractivity contribution in [1.29, 1.82) is 0 Å². The second kappa shape index (κ2) is 6.35. The average molecular weight is 296 g/mol. The van der Waals surface area contributed by atoms with Crippen LogP contribution < -0.4 is 10.6 Å². The number of carboxylic acids is 1. The van der Waals surface area contributed by atoms with Crippen LogP contribution in [0.3, 0.4) is 0 Å². The van der Waals surface area contributed by atoms with Crippen LogP contribution in [0.25, 0.3) is 0 Å². The first kappa shape index (κ1) is 15.0. The quantitative estimate of drug-likeness (QED) is 0.649. The highest BCUT2D eigenvalue weighted by molar-refractivity contribution is 5.92. The molecular formula is C12H16N4O5. The number of hydrogen-bond donors (Lipinski definition) is 3. The highest BCUT2D eigenvalue weighted by Gasteiger charge is 2.32. The Kier molecular flexibility index (Phi) is 4.53. The summed E-state index contributed by atoms with van der Waals surface area (Å²) in [6.45, 7) is 2.42. The number of anilines is 1. The van der Waals surface area contributed by atoms with E-state index in [1.54, 1.807) is 13.0 Å². The maximum absolute atomic E-state index is 11.9. The van der Waals surface area contributed by atoms with Crippen molar-refractivity contribution in [2.24, 2.45) is 0 Å². The number of carbonyl (C=O) groups excluding carboxylic acids is 2. The number of rotatable bonds is 5. The molecule has 1 saturated heterocycles. The number of carboxylic acid groups (broad SMARTS) is 1. The minimum atomic E-state index is -1.09. The summed E-state index contributed by atoms with van der Waals surface area (Å²) in [5, 5.41) is 17.6. The SMILES string of the molecule is Cc1cc(NC(=O)CN2CCNC(=O)C2CC(=O)O)on1. The Bertz CT molecular complexity index is 556. The first-order chi connectivity index (χ1) is 9.95. The molecule has 1 aliphatic heterocycles. The Morgan fingerprint density at radius 2 is 2.38 bits per heavy atom. The van der Waals surface area contributed by atoms with Crippen LogP contribution in [0.4, 0.5) is 5.88 Å². The molecule has 0 saturated carbocycles. The van der Waals surface area contributed by atoms with E-state index in [1.807, 2.05) is 0 Å². The summed E-state index contributed by atoms with van der Waals surface area (Å²) in [6, 6.07) is 0.716. The van der Waals surface area contributed by atoms with Crippen molar-refractivity contribution in [3.05, 3.63) is 11.8 Å². The average Bonchev–Trinajstić information content (AvgIpc) is 2.78. The van der Waals surface area contributed by atoms with Crippen LogP contribution >= 0.6 is 0 Å². The van der Waals surface area contributed by atoms with Crippen LogP contribution in [-0.4, -0.2) is 58.6 Å². The van der Waals surface area contributed by atoms with Gasteiger partial charge in [0.25, 0.3) is 0 Å². The minimum absolute atomic E-state index is 0.0921. The molecule has 2 heterocycles. The zero-order valence-electron chi connectivity index (χ0n) is 11.5. The predicted molar refractivity (Wildman–Crippen MR) is 70.5 cm³/mol. The molecule has 1 aromatic heterocycles. The molecule has 0 aromatic carbocycles. The van der Waals surface area contributed by atoms with E-state index in [0.717, 1.165) is 0 Å². The summed E-state index contributed by atoms with van der Waals surface area (Å²) in [5.41, 5.74) is 0.631. The van der Waals surface area contributed by atoms with Crippen molar-refractivity contribution in [2.75, 3.05) is 25.0 Å². The fourth-order valence-electron chi connectivity index (χ4n) is 2.12. The third-order valence-electron chi connectivity index (χ3n) is 3.05. The molecule has 21 heavy (non-hydrogen) atoms. The van der Waals surface area contributed by atoms with Gasteiger partial charge in [-0.3, -0.25) is 24.6 Å². The van der Waals surface area contributed by atoms with Crippen LogP contribution in [0.15, 0.2) is 10.6 Å². The van der Waals surface area contributed by atoms with E-state index in [0.29, 0.717) is 18.8 Å². The third kappa shape index (κ3) is 4.02. The van der Waals surface area contributed by atoms with Crippen molar-refractivity contribution >= 4 is 23.7 Å². The fourth-order valence-corrected chi connectivity index (χ4v) is 2.12. The van der Waals surface area contributed by atoms with Gasteiger partial charge in [-0.15, -0.1) is 0 Å². The number of aliphatic carboxylic acids is 1. The molecule has 9 heteroatoms. The highest BCUT2D eigenvalue weighted by atomic mass is 16.5. The predicted octanol–water partition coefficient (Wildman–Crippen LogP) is -0.803. The van der Waals surface area contributed by atoms with Gasteiger partial charge in [-0.25, -0.2) is 0 Å². The number of aryl methyl sites for hydroxylation is 1. The molecule has 1 aliphatic rings. The maximum Gasteiger partial charge on any atom is 0.305 e. The van der Waals surface area contributed by atoms with Crippen LogP contribution in [0, 0.1) is 6.92 Å². The number of hydrogen-bond acceptors (Lipinski definition) is 6. The monoisotopic (exact) mass is 296 g/mol. The maximum atomic E-state index is 11.9. The Morgan fingerprint density at radius 1 is 1.62 bits per heavy atom. The van der Waals surface area contributed by atoms with E-state index in [1.165, 1.54) is 4.90 Å². The van der Waals surface area contributed by atoms with E-state index in [2.05, 4.69) is 15.8 Å². The number of nitrogens with one attached hydrogen (secondary N) is 2. The number of nitrogens with zero attached hydrogens (tertiary/aromatic N) is 2. The van der Waals surface area contributed by atoms with Gasteiger partial charge in [-0.1, -0.05) is 5.16 Å². The molecule has 3 N–H and O–H groups in total. The molecule has 0 radical (unpaired) electrons. The van der Waals surface area contributed by atoms with Crippen LogP contribution in [0.2, 0.25) is 0 Å². The van der Waals surface area contributed by atoms with E-state index in [-0.39, 0.29) is 24.8 Å². The van der Waals surface area contributed by atoms with Gasteiger partial charge < -0.3 is 14.9 Å². The van der Waals surface area contributed by atoms with Crippen LogP contribution in [0.5, 0.6) is 0 Å². The van der Waals surface area contributed by atoms with E-state index in [9.17, 15) is 14.4 Å². The summed E-state index contributed by atoms with van der Waals surface area (Å²) < 4.78 is 4.86. The molecule has 0 spiro atoms. The Labute approximate surface area is 120 Å². The van der Waals surface area contributed by atoms with Crippen LogP contribution in [0.1, 0.15) is 12.1 Å². The lowest BCUT2D eigenvalue weighted by atomic mass is 10.1. The first-order valence-corrected chi connectivity index (χ1v) is 6.42. The Morgan fingerprint density at radius 3 is 3.00 bits per heavy atom. The number of aromatic nitrogens is 1. The molecule has 1 unspecified atom stereocenters. The lowest BCUT2D eigenvalue weighted by molar-refractivity contribution is -0.143. The molecular weight excluding hydrogens is 280 g/mol. The van der Waals surface area contributed by atoms with Gasteiger partial charge in [-0.05, 0) is 6.92 Å². The molecule has 1 atom stereocenters. The van der Waals surface area contributed by atoms with Crippen molar-refractivity contribution in [3.8, 4) is 0 Å². The molecule has 114 valence electrons. The van der Waals surface area contributed by atoms with Gasteiger partial charge in [0, 0.05) is 19.2 Å². The Hall–Kier alpha value is -2.42. The largest absolute Gasteiger partial charge is 0.481 e. The molecule has 2 rings (SSSR count). The second-order valence-corrected chi connectivity index (χ2v) is 4.76. The summed E-state index contributed by atoms with van der Waals surface area (Å²) in [4.78, 5) is 36.0. The normalized spacial score (nSPS) is 19.1. The number of piperazine rings is 1. The standard InChI is InChI=1S/C12H16N4O5/c1-7-4-10(21-15-7)14-9(17)6-16-3-2-13-12(20)8(16)5-11(18)19/h4,8H,2-3,5-6H2,1H3,(H,13,20)(H,14,17)(H,18,19). The summed E-state index contributed by atoms with van der Waals surface area (Å²) in [5.74, 6) is -1.65. The van der Waals surface area contributed by atoms with Crippen molar-refractivity contribution < 1.29 is 24.0 Å². The summed E-state index contributed by atoms with van der Waals surface area (Å²) >= 11 is 0. The van der Waals surface area contributed by atoms with Crippen molar-refractivity contribution in [2.45, 2.75) is 19.4 Å². The molecule has 2 amide bonds. The smallest absolute Gasteiger partial charge is 0.305 e. The minimum Gasteiger partial charge on any atom is -0.481 e. The lowest BCUT2D eigenvalue weighted by Gasteiger charge is -2.33. The van der Waals surface area contributed by atoms with E-state index >= 15 is 0 Å². The van der Waals surface area contributed by atoms with Crippen LogP contribution in [-0.2, 0) is 14.4 Å². The van der Waals surface area contributed by atoms with Gasteiger partial charge in [0.1, 0.15) is 6.04 Å². The zero-order chi connectivity index (χ0) is 15.4.